The number of hydrogen-bond donors (Lipinski definition) is 3. The third-order valence-electron chi connectivity index (χ3n) is 17.0. The Morgan fingerprint density at radius 2 is 0.500 bits per heavy atom. The highest BCUT2D eigenvalue weighted by molar-refractivity contribution is 7.47. The number of phosphoric ester groups is 2. The zero-order valence-corrected chi connectivity index (χ0v) is 69.3. The van der Waals surface area contributed by atoms with Crippen LogP contribution in [-0.2, 0) is 65.4 Å². The van der Waals surface area contributed by atoms with Crippen LogP contribution in [0, 0.1) is 0 Å². The Morgan fingerprint density at radius 3 is 0.824 bits per heavy atom. The van der Waals surface area contributed by atoms with Gasteiger partial charge >= 0.3 is 39.5 Å². The van der Waals surface area contributed by atoms with Crippen LogP contribution in [0.5, 0.6) is 0 Å². The molecule has 0 rings (SSSR count). The van der Waals surface area contributed by atoms with Crippen molar-refractivity contribution in [1.82, 2.24) is 0 Å². The second kappa shape index (κ2) is 79.8. The highest BCUT2D eigenvalue weighted by Gasteiger charge is 2.30. The third kappa shape index (κ3) is 78.8. The number of carbonyl (C=O) groups is 4. The molecule has 0 saturated heterocycles. The fraction of sp³-hybridized carbons (Fsp3) is 0.663. The molecule has 0 amide bonds. The zero-order valence-electron chi connectivity index (χ0n) is 67.5. The summed E-state index contributed by atoms with van der Waals surface area (Å²) < 4.78 is 68.6. The van der Waals surface area contributed by atoms with Crippen molar-refractivity contribution >= 4 is 39.5 Å². The van der Waals surface area contributed by atoms with E-state index in [-0.39, 0.29) is 25.7 Å². The van der Waals surface area contributed by atoms with Crippen LogP contribution < -0.4 is 0 Å². The SMILES string of the molecule is CC/C=C\C/C=C\C/C=C\C/C=C\C/C=C\C/C=C\CCC(=O)OCC(COP(=O)(O)OCC(O)COP(=O)(O)OCC(COC(=O)CCCCC/C=C\C/C=C\C/C=C\C/C=C\C/C=C\CC)OC(=O)CCCCCCCCCCCCCCCCC)OC(=O)CCCCCCC/C=C\C/C=C\CCCCC. The zero-order chi connectivity index (χ0) is 78.9. The Balaban J connectivity index is 5.47. The van der Waals surface area contributed by atoms with E-state index in [1.54, 1.807) is 0 Å². The van der Waals surface area contributed by atoms with E-state index in [1.807, 2.05) is 18.2 Å². The molecule has 0 aliphatic rings. The Hall–Kier alpha value is -5.32. The van der Waals surface area contributed by atoms with Crippen LogP contribution in [0.3, 0.4) is 0 Å². The van der Waals surface area contributed by atoms with Gasteiger partial charge in [0.05, 0.1) is 26.4 Å². The number of carbonyl (C=O) groups excluding carboxylic acids is 4. The molecule has 0 radical (unpaired) electrons. The maximum atomic E-state index is 13.1. The standard InChI is InChI=1S/C89H148O17P2/c1-5-9-13-17-21-25-29-33-37-39-41-43-47-49-53-57-61-65-69-73-86(91)99-79-84(105-88(93)75-71-67-63-59-55-51-45-35-31-27-23-19-15-11-7-3)81-103-107(95,96)101-77-83(90)78-102-108(97,98)104-82-85(106-89(94)76-72-68-64-60-56-52-46-36-32-28-24-20-16-12-8-4)80-100-87(92)74-70-66-62-58-54-50-48-44-42-40-38-34-30-26-22-18-14-10-6-2/h9-10,13-14,21-23,25-27,33-35,37-38,41-45,49-50,53-54,61,65,83-85,90H,5-8,11-12,15-20,24,28-32,36,39-40,46-48,51-52,55-60,62-64,66-82H2,1-4H3,(H,95,96)(H,97,98)/b13-9-,14-10-,25-21-,26-22-,27-23-,37-33-,38-34-,43-41-,44-42-,45-35-,53-49-,54-50-,65-61-. The first-order chi connectivity index (χ1) is 52.7. The molecule has 17 nitrogen and oxygen atoms in total. The molecule has 5 unspecified atom stereocenters. The molecule has 0 aromatic carbocycles. The summed E-state index contributed by atoms with van der Waals surface area (Å²) in [5.41, 5.74) is 0. The molecule has 0 aliphatic heterocycles. The first kappa shape index (κ1) is 103. The monoisotopic (exact) mass is 1550 g/mol. The van der Waals surface area contributed by atoms with Crippen molar-refractivity contribution in [2.45, 2.75) is 341 Å². The van der Waals surface area contributed by atoms with Gasteiger partial charge in [0.15, 0.2) is 12.2 Å². The third-order valence-corrected chi connectivity index (χ3v) is 18.9. The number of rotatable bonds is 77. The van der Waals surface area contributed by atoms with E-state index in [4.69, 9.17) is 37.0 Å². The van der Waals surface area contributed by atoms with Gasteiger partial charge in [-0.05, 0) is 141 Å². The molecule has 19 heteroatoms. The number of phosphoric acid groups is 2. The Bertz CT molecular complexity index is 2660. The summed E-state index contributed by atoms with van der Waals surface area (Å²) in [5, 5.41) is 10.7. The minimum absolute atomic E-state index is 0.0285. The molecule has 0 heterocycles. The van der Waals surface area contributed by atoms with Crippen molar-refractivity contribution in [2.75, 3.05) is 39.6 Å². The molecule has 0 aliphatic carbocycles. The van der Waals surface area contributed by atoms with E-state index in [0.717, 1.165) is 154 Å². The van der Waals surface area contributed by atoms with E-state index >= 15 is 0 Å². The molecule has 616 valence electrons. The van der Waals surface area contributed by atoms with Gasteiger partial charge in [0.1, 0.15) is 19.3 Å². The quantitative estimate of drug-likeness (QED) is 0.0169. The van der Waals surface area contributed by atoms with Gasteiger partial charge in [-0.2, -0.15) is 0 Å². The average molecular weight is 1550 g/mol. The van der Waals surface area contributed by atoms with Crippen molar-refractivity contribution in [3.63, 3.8) is 0 Å². The van der Waals surface area contributed by atoms with Gasteiger partial charge in [-0.3, -0.25) is 37.3 Å². The van der Waals surface area contributed by atoms with Crippen LogP contribution in [0.1, 0.15) is 323 Å². The van der Waals surface area contributed by atoms with E-state index in [2.05, 4.69) is 167 Å². The highest BCUT2D eigenvalue weighted by atomic mass is 31.2. The second-order valence-corrected chi connectivity index (χ2v) is 30.2. The lowest BCUT2D eigenvalue weighted by Crippen LogP contribution is -2.30. The van der Waals surface area contributed by atoms with Crippen LogP contribution in [0.15, 0.2) is 158 Å². The van der Waals surface area contributed by atoms with Crippen molar-refractivity contribution in [3.8, 4) is 0 Å². The number of allylic oxidation sites excluding steroid dienone is 26. The van der Waals surface area contributed by atoms with Gasteiger partial charge in [0, 0.05) is 25.7 Å². The molecule has 0 spiro atoms. The number of unbranched alkanes of at least 4 members (excludes halogenated alkanes) is 25. The lowest BCUT2D eigenvalue weighted by atomic mass is 10.0. The summed E-state index contributed by atoms with van der Waals surface area (Å²) in [4.78, 5) is 73.1. The summed E-state index contributed by atoms with van der Waals surface area (Å²) in [6, 6.07) is 0. The fourth-order valence-corrected chi connectivity index (χ4v) is 12.3. The van der Waals surface area contributed by atoms with Gasteiger partial charge in [-0.1, -0.05) is 314 Å². The number of hydrogen-bond acceptors (Lipinski definition) is 15. The molecule has 108 heavy (non-hydrogen) atoms. The second-order valence-electron chi connectivity index (χ2n) is 27.3. The van der Waals surface area contributed by atoms with E-state index < -0.39 is 97.5 Å². The summed E-state index contributed by atoms with van der Waals surface area (Å²) >= 11 is 0. The molecule has 0 saturated carbocycles. The highest BCUT2D eigenvalue weighted by Crippen LogP contribution is 2.45. The molecule has 0 aromatic rings. The van der Waals surface area contributed by atoms with Gasteiger partial charge < -0.3 is 33.8 Å². The van der Waals surface area contributed by atoms with Crippen LogP contribution >= 0.6 is 15.6 Å². The van der Waals surface area contributed by atoms with Crippen LogP contribution in [0.4, 0.5) is 0 Å². The van der Waals surface area contributed by atoms with Gasteiger partial charge in [-0.15, -0.1) is 0 Å². The summed E-state index contributed by atoms with van der Waals surface area (Å²) in [5.74, 6) is -2.32. The van der Waals surface area contributed by atoms with Crippen LogP contribution in [-0.4, -0.2) is 96.7 Å². The van der Waals surface area contributed by atoms with E-state index in [9.17, 15) is 43.2 Å². The first-order valence-electron chi connectivity index (χ1n) is 41.7. The number of aliphatic hydroxyl groups excluding tert-OH is 1. The smallest absolute Gasteiger partial charge is 0.462 e. The maximum Gasteiger partial charge on any atom is 0.472 e. The normalized spacial score (nSPS) is 14.6. The molecule has 0 aromatic heterocycles. The predicted molar refractivity (Wildman–Crippen MR) is 445 cm³/mol. The van der Waals surface area contributed by atoms with Crippen molar-refractivity contribution in [2.24, 2.45) is 0 Å². The van der Waals surface area contributed by atoms with Gasteiger partial charge in [0.2, 0.25) is 0 Å². The first-order valence-corrected chi connectivity index (χ1v) is 44.7. The Morgan fingerprint density at radius 1 is 0.269 bits per heavy atom. The molecular formula is C89H148O17P2. The molecular weight excluding hydrogens is 1400 g/mol. The molecule has 0 fully saturated rings. The minimum atomic E-state index is -5.01. The van der Waals surface area contributed by atoms with Gasteiger partial charge in [0.25, 0.3) is 0 Å². The lowest BCUT2D eigenvalue weighted by molar-refractivity contribution is -0.161. The maximum absolute atomic E-state index is 13.1. The summed E-state index contributed by atoms with van der Waals surface area (Å²) in [7, 11) is -10.0. The average Bonchev–Trinajstić information content (AvgIpc) is 0.923. The van der Waals surface area contributed by atoms with E-state index in [0.29, 0.717) is 32.1 Å². The topological polar surface area (TPSA) is 237 Å². The minimum Gasteiger partial charge on any atom is -0.462 e. The van der Waals surface area contributed by atoms with Crippen LogP contribution in [0.2, 0.25) is 0 Å². The van der Waals surface area contributed by atoms with Crippen LogP contribution in [0.25, 0.3) is 0 Å². The van der Waals surface area contributed by atoms with Crippen molar-refractivity contribution in [1.29, 1.82) is 0 Å². The predicted octanol–water partition coefficient (Wildman–Crippen LogP) is 24.8. The number of ether oxygens (including phenoxy) is 4. The lowest BCUT2D eigenvalue weighted by Gasteiger charge is -2.21. The molecule has 5 atom stereocenters. The fourth-order valence-electron chi connectivity index (χ4n) is 10.7. The summed E-state index contributed by atoms with van der Waals surface area (Å²) in [6.45, 7) is 4.51. The van der Waals surface area contributed by atoms with Gasteiger partial charge in [-0.25, -0.2) is 9.13 Å². The Labute approximate surface area is 655 Å². The largest absolute Gasteiger partial charge is 0.472 e. The molecule has 3 N–H and O–H groups in total. The van der Waals surface area contributed by atoms with Crippen molar-refractivity contribution < 1.29 is 80.2 Å². The van der Waals surface area contributed by atoms with Crippen molar-refractivity contribution in [3.05, 3.63) is 158 Å². The Kier molecular flexibility index (Phi) is 75.8. The number of esters is 4. The van der Waals surface area contributed by atoms with E-state index in [1.165, 1.54) is 83.5 Å². The summed E-state index contributed by atoms with van der Waals surface area (Å²) in [6.07, 6.45) is 93.7. The molecule has 0 bridgehead atoms. The number of aliphatic hydroxyl groups is 1.